The van der Waals surface area contributed by atoms with Gasteiger partial charge in [0.2, 0.25) is 0 Å². The fourth-order valence-corrected chi connectivity index (χ4v) is 2.05. The summed E-state index contributed by atoms with van der Waals surface area (Å²) >= 11 is 0. The second-order valence-corrected chi connectivity index (χ2v) is 4.94. The normalized spacial score (nSPS) is 10.2. The van der Waals surface area contributed by atoms with Crippen molar-refractivity contribution in [3.05, 3.63) is 48.0 Å². The van der Waals surface area contributed by atoms with Crippen LogP contribution in [-0.2, 0) is 4.79 Å². The minimum atomic E-state index is -1.04. The molecule has 0 aliphatic rings. The first kappa shape index (κ1) is 18.5. The van der Waals surface area contributed by atoms with Crippen LogP contribution in [0.3, 0.4) is 0 Å². The minimum Gasteiger partial charge on any atom is -0.494 e. The highest BCUT2D eigenvalue weighted by molar-refractivity contribution is 5.93. The smallest absolute Gasteiger partial charge is 0.262 e. The number of anilines is 1. The molecule has 1 amide bonds. The lowest BCUT2D eigenvalue weighted by Gasteiger charge is -2.14. The zero-order valence-electron chi connectivity index (χ0n) is 14.0. The highest BCUT2D eigenvalue weighted by Gasteiger charge is 2.11. The fourth-order valence-electron chi connectivity index (χ4n) is 2.05. The van der Waals surface area contributed by atoms with E-state index in [1.807, 2.05) is 13.8 Å². The highest BCUT2D eigenvalue weighted by atomic mass is 19.2. The van der Waals surface area contributed by atoms with E-state index in [1.165, 1.54) is 6.07 Å². The van der Waals surface area contributed by atoms with Gasteiger partial charge in [-0.3, -0.25) is 4.79 Å². The monoisotopic (exact) mass is 351 g/mol. The lowest BCUT2D eigenvalue weighted by atomic mass is 10.2. The first-order chi connectivity index (χ1) is 12.0. The maximum Gasteiger partial charge on any atom is 0.262 e. The molecule has 0 radical (unpaired) electrons. The van der Waals surface area contributed by atoms with Crippen molar-refractivity contribution in [2.24, 2.45) is 0 Å². The van der Waals surface area contributed by atoms with Gasteiger partial charge in [0.15, 0.2) is 18.2 Å². The van der Waals surface area contributed by atoms with Gasteiger partial charge in [0, 0.05) is 12.1 Å². The molecule has 0 atom stereocenters. The number of hydrogen-bond acceptors (Lipinski definition) is 4. The Kier molecular flexibility index (Phi) is 6.56. The van der Waals surface area contributed by atoms with Crippen LogP contribution in [0.4, 0.5) is 14.5 Å². The Hall–Kier alpha value is -2.83. The van der Waals surface area contributed by atoms with Crippen molar-refractivity contribution in [1.82, 2.24) is 0 Å². The van der Waals surface area contributed by atoms with Crippen molar-refractivity contribution in [3.8, 4) is 17.2 Å². The molecule has 0 aromatic heterocycles. The predicted octanol–water partition coefficient (Wildman–Crippen LogP) is 3.78. The molecular weight excluding hydrogens is 332 g/mol. The Balaban J connectivity index is 2.02. The zero-order valence-corrected chi connectivity index (χ0v) is 14.0. The average molecular weight is 351 g/mol. The van der Waals surface area contributed by atoms with E-state index in [4.69, 9.17) is 14.2 Å². The summed E-state index contributed by atoms with van der Waals surface area (Å²) in [5, 5.41) is 2.65. The predicted molar refractivity (Wildman–Crippen MR) is 89.3 cm³/mol. The average Bonchev–Trinajstić information content (AvgIpc) is 2.59. The molecule has 25 heavy (non-hydrogen) atoms. The summed E-state index contributed by atoms with van der Waals surface area (Å²) < 4.78 is 42.0. The topological polar surface area (TPSA) is 56.8 Å². The van der Waals surface area contributed by atoms with Gasteiger partial charge < -0.3 is 19.5 Å². The Morgan fingerprint density at radius 2 is 1.60 bits per heavy atom. The Bertz CT molecular complexity index is 737. The summed E-state index contributed by atoms with van der Waals surface area (Å²) in [5.41, 5.74) is 0.437. The van der Waals surface area contributed by atoms with Crippen LogP contribution in [0.2, 0.25) is 0 Å². The molecular formula is C18H19F2NO4. The van der Waals surface area contributed by atoms with Gasteiger partial charge in [0.05, 0.1) is 18.9 Å². The molecule has 0 bridgehead atoms. The van der Waals surface area contributed by atoms with Crippen LogP contribution in [0.1, 0.15) is 13.8 Å². The van der Waals surface area contributed by atoms with Crippen LogP contribution in [0.25, 0.3) is 0 Å². The van der Waals surface area contributed by atoms with Crippen LogP contribution in [0.5, 0.6) is 17.2 Å². The largest absolute Gasteiger partial charge is 0.494 e. The number of rotatable bonds is 8. The molecule has 7 heteroatoms. The third-order valence-corrected chi connectivity index (χ3v) is 3.10. The molecule has 0 heterocycles. The second kappa shape index (κ2) is 8.86. The van der Waals surface area contributed by atoms with Crippen LogP contribution in [-0.4, -0.2) is 25.7 Å². The fraction of sp³-hybridized carbons (Fsp3) is 0.278. The lowest BCUT2D eigenvalue weighted by Crippen LogP contribution is -2.20. The van der Waals surface area contributed by atoms with E-state index >= 15 is 0 Å². The molecule has 2 aromatic rings. The summed E-state index contributed by atoms with van der Waals surface area (Å²) in [6.45, 7) is 4.23. The van der Waals surface area contributed by atoms with Crippen molar-refractivity contribution in [2.75, 3.05) is 25.1 Å². The molecule has 0 unspecified atom stereocenters. The second-order valence-electron chi connectivity index (χ2n) is 4.94. The molecule has 0 spiro atoms. The van der Waals surface area contributed by atoms with Gasteiger partial charge in [-0.25, -0.2) is 8.78 Å². The van der Waals surface area contributed by atoms with Crippen LogP contribution < -0.4 is 19.5 Å². The quantitative estimate of drug-likeness (QED) is 0.786. The minimum absolute atomic E-state index is 0.0575. The van der Waals surface area contributed by atoms with E-state index in [0.717, 1.165) is 12.1 Å². The third-order valence-electron chi connectivity index (χ3n) is 3.10. The summed E-state index contributed by atoms with van der Waals surface area (Å²) in [7, 11) is 0. The van der Waals surface area contributed by atoms with Crippen LogP contribution in [0, 0.1) is 11.6 Å². The zero-order chi connectivity index (χ0) is 18.2. The summed E-state index contributed by atoms with van der Waals surface area (Å²) in [4.78, 5) is 12.1. The van der Waals surface area contributed by atoms with Crippen molar-refractivity contribution < 1.29 is 27.8 Å². The third kappa shape index (κ3) is 5.34. The van der Waals surface area contributed by atoms with Crippen molar-refractivity contribution in [1.29, 1.82) is 0 Å². The number of benzene rings is 2. The molecule has 0 saturated heterocycles. The van der Waals surface area contributed by atoms with E-state index in [2.05, 4.69) is 5.32 Å². The standard InChI is InChI=1S/C18H19F2NO4/c1-3-23-13-6-8-17(24-4-2)16(10-13)21-18(22)11-25-12-5-7-14(19)15(20)9-12/h5-10H,3-4,11H2,1-2H3,(H,21,22). The molecule has 1 N–H and O–H groups in total. The summed E-state index contributed by atoms with van der Waals surface area (Å²) in [6, 6.07) is 8.13. The maximum atomic E-state index is 13.1. The number of ether oxygens (including phenoxy) is 3. The van der Waals surface area contributed by atoms with Crippen LogP contribution in [0.15, 0.2) is 36.4 Å². The van der Waals surface area contributed by atoms with E-state index in [0.29, 0.717) is 30.4 Å². The molecule has 2 rings (SSSR count). The molecule has 0 saturated carbocycles. The SMILES string of the molecule is CCOc1ccc(OCC)c(NC(=O)COc2ccc(F)c(F)c2)c1. The van der Waals surface area contributed by atoms with Gasteiger partial charge >= 0.3 is 0 Å². The molecule has 5 nitrogen and oxygen atoms in total. The molecule has 2 aromatic carbocycles. The van der Waals surface area contributed by atoms with Crippen molar-refractivity contribution in [3.63, 3.8) is 0 Å². The number of halogens is 2. The molecule has 0 aliphatic carbocycles. The van der Waals surface area contributed by atoms with Gasteiger partial charge in [-0.05, 0) is 38.1 Å². The van der Waals surface area contributed by atoms with E-state index in [1.54, 1.807) is 18.2 Å². The van der Waals surface area contributed by atoms with Crippen molar-refractivity contribution in [2.45, 2.75) is 13.8 Å². The number of amides is 1. The van der Waals surface area contributed by atoms with Gasteiger partial charge in [0.25, 0.3) is 5.91 Å². The highest BCUT2D eigenvalue weighted by Crippen LogP contribution is 2.29. The number of hydrogen-bond donors (Lipinski definition) is 1. The van der Waals surface area contributed by atoms with E-state index < -0.39 is 17.5 Å². The number of carbonyl (C=O) groups excluding carboxylic acids is 1. The van der Waals surface area contributed by atoms with Gasteiger partial charge in [0.1, 0.15) is 17.2 Å². The summed E-state index contributed by atoms with van der Waals surface area (Å²) in [6.07, 6.45) is 0. The first-order valence-corrected chi connectivity index (χ1v) is 7.80. The number of carbonyl (C=O) groups is 1. The van der Waals surface area contributed by atoms with Gasteiger partial charge in [-0.1, -0.05) is 0 Å². The first-order valence-electron chi connectivity index (χ1n) is 7.80. The number of nitrogens with one attached hydrogen (secondary N) is 1. The van der Waals surface area contributed by atoms with Crippen LogP contribution >= 0.6 is 0 Å². The maximum absolute atomic E-state index is 13.1. The van der Waals surface area contributed by atoms with Crippen molar-refractivity contribution >= 4 is 11.6 Å². The molecule has 134 valence electrons. The van der Waals surface area contributed by atoms with Gasteiger partial charge in [-0.15, -0.1) is 0 Å². The summed E-state index contributed by atoms with van der Waals surface area (Å²) in [5.74, 6) is -1.36. The Morgan fingerprint density at radius 1 is 0.920 bits per heavy atom. The Labute approximate surface area is 144 Å². The molecule has 0 fully saturated rings. The van der Waals surface area contributed by atoms with Gasteiger partial charge in [-0.2, -0.15) is 0 Å². The Morgan fingerprint density at radius 3 is 2.28 bits per heavy atom. The lowest BCUT2D eigenvalue weighted by molar-refractivity contribution is -0.118. The van der Waals surface area contributed by atoms with E-state index in [9.17, 15) is 13.6 Å². The molecule has 0 aliphatic heterocycles. The van der Waals surface area contributed by atoms with E-state index in [-0.39, 0.29) is 12.4 Å².